The monoisotopic (exact) mass is 358 g/mol. The first-order valence-corrected chi connectivity index (χ1v) is 8.26. The van der Waals surface area contributed by atoms with Crippen LogP contribution in [0, 0.1) is 0 Å². The van der Waals surface area contributed by atoms with Crippen molar-refractivity contribution in [2.75, 3.05) is 7.11 Å². The van der Waals surface area contributed by atoms with Gasteiger partial charge in [0.1, 0.15) is 5.75 Å². The Kier molecular flexibility index (Phi) is 6.84. The molecule has 26 heavy (non-hydrogen) atoms. The van der Waals surface area contributed by atoms with Crippen LogP contribution in [-0.2, 0) is 6.18 Å². The van der Waals surface area contributed by atoms with E-state index in [1.54, 1.807) is 30.3 Å². The maximum Gasteiger partial charge on any atom is 0.416 e. The van der Waals surface area contributed by atoms with Crippen molar-refractivity contribution in [1.82, 2.24) is 0 Å². The number of hydrogen-bond acceptors (Lipinski definition) is 1. The molecule has 0 aliphatic rings. The van der Waals surface area contributed by atoms with E-state index in [9.17, 15) is 13.2 Å². The number of alkyl halides is 3. The van der Waals surface area contributed by atoms with Gasteiger partial charge in [-0.05, 0) is 31.0 Å². The van der Waals surface area contributed by atoms with E-state index in [-0.39, 0.29) is 0 Å². The Balaban J connectivity index is 2.50. The molecule has 0 saturated carbocycles. The van der Waals surface area contributed by atoms with E-state index < -0.39 is 11.7 Å². The van der Waals surface area contributed by atoms with E-state index >= 15 is 0 Å². The van der Waals surface area contributed by atoms with Crippen LogP contribution < -0.4 is 4.74 Å². The number of ether oxygens (including phenoxy) is 1. The number of benzene rings is 2. The van der Waals surface area contributed by atoms with Gasteiger partial charge in [0.05, 0.1) is 12.7 Å². The molecule has 4 heteroatoms. The molecule has 0 bridgehead atoms. The van der Waals surface area contributed by atoms with Crippen LogP contribution in [0.5, 0.6) is 5.75 Å². The van der Waals surface area contributed by atoms with E-state index in [2.05, 4.69) is 0 Å². The van der Waals surface area contributed by atoms with Crippen molar-refractivity contribution in [2.45, 2.75) is 19.5 Å². The summed E-state index contributed by atoms with van der Waals surface area (Å²) >= 11 is 0. The zero-order valence-corrected chi connectivity index (χ0v) is 14.8. The molecule has 0 fully saturated rings. The Bertz CT molecular complexity index is 800. The third kappa shape index (κ3) is 5.12. The summed E-state index contributed by atoms with van der Waals surface area (Å²) in [6.45, 7) is 1.92. The highest BCUT2D eigenvalue weighted by atomic mass is 19.4. The SMILES string of the molecule is C/C=C\C=C/C/C=C/c1cc(C(F)(F)F)cc(-c2ccccc2)c1OC. The molecule has 2 rings (SSSR count). The molecular formula is C22H21F3O. The number of halogens is 3. The van der Waals surface area contributed by atoms with Crippen molar-refractivity contribution >= 4 is 6.08 Å². The molecule has 0 aliphatic heterocycles. The van der Waals surface area contributed by atoms with Crippen molar-refractivity contribution in [3.05, 3.63) is 84.0 Å². The lowest BCUT2D eigenvalue weighted by Gasteiger charge is -2.16. The van der Waals surface area contributed by atoms with E-state index in [1.165, 1.54) is 7.11 Å². The topological polar surface area (TPSA) is 9.23 Å². The molecule has 2 aromatic rings. The molecule has 0 aromatic heterocycles. The summed E-state index contributed by atoms with van der Waals surface area (Å²) in [6, 6.07) is 11.2. The molecule has 0 atom stereocenters. The Morgan fingerprint density at radius 2 is 1.73 bits per heavy atom. The molecular weight excluding hydrogens is 337 g/mol. The molecule has 0 aliphatic carbocycles. The summed E-state index contributed by atoms with van der Waals surface area (Å²) in [6.07, 6.45) is 7.29. The highest BCUT2D eigenvalue weighted by Crippen LogP contribution is 2.40. The first-order chi connectivity index (χ1) is 12.5. The average molecular weight is 358 g/mol. The van der Waals surface area contributed by atoms with E-state index in [1.807, 2.05) is 43.4 Å². The predicted molar refractivity (Wildman–Crippen MR) is 101 cm³/mol. The molecule has 0 unspecified atom stereocenters. The van der Waals surface area contributed by atoms with Gasteiger partial charge in [0.25, 0.3) is 0 Å². The highest BCUT2D eigenvalue weighted by Gasteiger charge is 2.32. The van der Waals surface area contributed by atoms with Crippen molar-refractivity contribution in [2.24, 2.45) is 0 Å². The molecule has 136 valence electrons. The molecule has 0 spiro atoms. The summed E-state index contributed by atoms with van der Waals surface area (Å²) < 4.78 is 45.5. The minimum Gasteiger partial charge on any atom is -0.495 e. The minimum absolute atomic E-state index is 0.403. The van der Waals surface area contributed by atoms with Crippen LogP contribution in [-0.4, -0.2) is 7.11 Å². The standard InChI is InChI=1S/C22H21F3O/c1-3-4-5-6-7-9-14-18-15-19(22(23,24)25)16-20(21(18)26-2)17-12-10-8-11-13-17/h3-6,8-16H,7H2,1-2H3/b4-3-,6-5-,14-9+. The smallest absolute Gasteiger partial charge is 0.416 e. The summed E-state index contributed by atoms with van der Waals surface area (Å²) in [4.78, 5) is 0. The van der Waals surface area contributed by atoms with E-state index in [0.29, 0.717) is 28.9 Å². The lowest BCUT2D eigenvalue weighted by molar-refractivity contribution is -0.137. The minimum atomic E-state index is -4.43. The largest absolute Gasteiger partial charge is 0.495 e. The van der Waals surface area contributed by atoms with Gasteiger partial charge in [0, 0.05) is 11.1 Å². The molecule has 0 radical (unpaired) electrons. The Morgan fingerprint density at radius 3 is 2.35 bits per heavy atom. The second-order valence-electron chi connectivity index (χ2n) is 5.60. The average Bonchev–Trinajstić information content (AvgIpc) is 2.63. The van der Waals surface area contributed by atoms with Crippen LogP contribution >= 0.6 is 0 Å². The van der Waals surface area contributed by atoms with Crippen LogP contribution in [0.15, 0.2) is 72.8 Å². The fourth-order valence-corrected chi connectivity index (χ4v) is 2.54. The molecule has 2 aromatic carbocycles. The van der Waals surface area contributed by atoms with Gasteiger partial charge < -0.3 is 4.74 Å². The Hall–Kier alpha value is -2.75. The van der Waals surface area contributed by atoms with Crippen LogP contribution in [0.3, 0.4) is 0 Å². The fourth-order valence-electron chi connectivity index (χ4n) is 2.54. The van der Waals surface area contributed by atoms with Crippen molar-refractivity contribution in [3.63, 3.8) is 0 Å². The quantitative estimate of drug-likeness (QED) is 0.509. The van der Waals surface area contributed by atoms with Gasteiger partial charge in [-0.15, -0.1) is 0 Å². The van der Waals surface area contributed by atoms with Crippen LogP contribution in [0.1, 0.15) is 24.5 Å². The molecule has 0 heterocycles. The van der Waals surface area contributed by atoms with Crippen LogP contribution in [0.2, 0.25) is 0 Å². The predicted octanol–water partition coefficient (Wildman–Crippen LogP) is 6.92. The van der Waals surface area contributed by atoms with Crippen LogP contribution in [0.25, 0.3) is 17.2 Å². The van der Waals surface area contributed by atoms with E-state index in [4.69, 9.17) is 4.74 Å². The third-order valence-corrected chi connectivity index (χ3v) is 3.74. The van der Waals surface area contributed by atoms with Gasteiger partial charge in [-0.2, -0.15) is 13.2 Å². The van der Waals surface area contributed by atoms with Crippen LogP contribution in [0.4, 0.5) is 13.2 Å². The summed E-state index contributed by atoms with van der Waals surface area (Å²) in [5.74, 6) is 0.429. The number of allylic oxidation sites excluding steroid dienone is 5. The first-order valence-electron chi connectivity index (χ1n) is 8.26. The van der Waals surface area contributed by atoms with Crippen molar-refractivity contribution in [1.29, 1.82) is 0 Å². The van der Waals surface area contributed by atoms with Gasteiger partial charge in [-0.25, -0.2) is 0 Å². The van der Waals surface area contributed by atoms with E-state index in [0.717, 1.165) is 12.1 Å². The molecule has 0 N–H and O–H groups in total. The maximum absolute atomic E-state index is 13.3. The van der Waals surface area contributed by atoms with Gasteiger partial charge in [-0.3, -0.25) is 0 Å². The zero-order chi connectivity index (χ0) is 19.0. The Labute approximate surface area is 152 Å². The number of hydrogen-bond donors (Lipinski definition) is 0. The van der Waals surface area contributed by atoms with Gasteiger partial charge in [-0.1, -0.05) is 66.8 Å². The Morgan fingerprint density at radius 1 is 1.00 bits per heavy atom. The number of rotatable bonds is 6. The summed E-state index contributed by atoms with van der Waals surface area (Å²) in [5.41, 5.74) is 0.812. The zero-order valence-electron chi connectivity index (χ0n) is 14.8. The maximum atomic E-state index is 13.3. The molecule has 0 amide bonds. The summed E-state index contributed by atoms with van der Waals surface area (Å²) in [7, 11) is 1.47. The van der Waals surface area contributed by atoms with Crippen molar-refractivity contribution in [3.8, 4) is 16.9 Å². The summed E-state index contributed by atoms with van der Waals surface area (Å²) in [5, 5.41) is 0. The second kappa shape index (κ2) is 9.09. The molecule has 0 saturated heterocycles. The van der Waals surface area contributed by atoms with Gasteiger partial charge in [0.2, 0.25) is 0 Å². The second-order valence-corrected chi connectivity index (χ2v) is 5.60. The first kappa shape index (κ1) is 19.6. The number of methoxy groups -OCH3 is 1. The van der Waals surface area contributed by atoms with Gasteiger partial charge >= 0.3 is 6.18 Å². The fraction of sp³-hybridized carbons (Fsp3) is 0.182. The lowest BCUT2D eigenvalue weighted by Crippen LogP contribution is -2.06. The molecule has 1 nitrogen and oxygen atoms in total. The van der Waals surface area contributed by atoms with Crippen molar-refractivity contribution < 1.29 is 17.9 Å². The lowest BCUT2D eigenvalue weighted by atomic mass is 9.97. The highest BCUT2D eigenvalue weighted by molar-refractivity contribution is 5.77. The normalized spacial score (nSPS) is 12.5. The third-order valence-electron chi connectivity index (χ3n) is 3.74. The van der Waals surface area contributed by atoms with Gasteiger partial charge in [0.15, 0.2) is 0 Å².